The average Bonchev–Trinajstić information content (AvgIpc) is 2.46. The molecule has 19 heavy (non-hydrogen) atoms. The molecule has 2 aromatic carbocycles. The zero-order valence-corrected chi connectivity index (χ0v) is 11.2. The molecule has 0 amide bonds. The average molecular weight is 253 g/mol. The molecule has 0 N–H and O–H groups in total. The topological polar surface area (TPSA) is 42.2 Å². The first-order valence-corrected chi connectivity index (χ1v) is 5.93. The highest BCUT2D eigenvalue weighted by Gasteiger charge is 2.12. The summed E-state index contributed by atoms with van der Waals surface area (Å²) in [6.45, 7) is 1.93. The predicted molar refractivity (Wildman–Crippen MR) is 74.4 cm³/mol. The Bertz CT molecular complexity index is 642. The molecule has 3 nitrogen and oxygen atoms in total. The van der Waals surface area contributed by atoms with E-state index in [1.165, 1.54) is 0 Å². The fourth-order valence-corrected chi connectivity index (χ4v) is 2.17. The van der Waals surface area contributed by atoms with Crippen molar-refractivity contribution in [1.82, 2.24) is 0 Å². The zero-order chi connectivity index (χ0) is 13.8. The maximum Gasteiger partial charge on any atom is 0.139 e. The molecular weight excluding hydrogens is 238 g/mol. The number of para-hydroxylation sites is 1. The van der Waals surface area contributed by atoms with E-state index in [2.05, 4.69) is 6.07 Å². The Morgan fingerprint density at radius 1 is 1.05 bits per heavy atom. The van der Waals surface area contributed by atoms with E-state index in [4.69, 9.17) is 9.47 Å². The summed E-state index contributed by atoms with van der Waals surface area (Å²) in [5.74, 6) is 1.41. The molecule has 0 fully saturated rings. The summed E-state index contributed by atoms with van der Waals surface area (Å²) in [6.07, 6.45) is 0. The third kappa shape index (κ3) is 2.38. The molecule has 0 bridgehead atoms. The van der Waals surface area contributed by atoms with Gasteiger partial charge in [0.05, 0.1) is 19.8 Å². The molecule has 0 saturated heterocycles. The van der Waals surface area contributed by atoms with Gasteiger partial charge in [-0.15, -0.1) is 0 Å². The molecule has 3 heteroatoms. The Hall–Kier alpha value is -2.47. The lowest BCUT2D eigenvalue weighted by Gasteiger charge is -2.12. The van der Waals surface area contributed by atoms with Crippen LogP contribution in [0.5, 0.6) is 11.5 Å². The van der Waals surface area contributed by atoms with Gasteiger partial charge < -0.3 is 9.47 Å². The molecule has 0 saturated carbocycles. The van der Waals surface area contributed by atoms with Gasteiger partial charge in [-0.1, -0.05) is 18.2 Å². The molecule has 0 atom stereocenters. The van der Waals surface area contributed by atoms with Crippen LogP contribution in [0.1, 0.15) is 11.1 Å². The third-order valence-corrected chi connectivity index (χ3v) is 3.02. The van der Waals surface area contributed by atoms with Gasteiger partial charge in [0.1, 0.15) is 17.6 Å². The van der Waals surface area contributed by atoms with Gasteiger partial charge in [0.25, 0.3) is 0 Å². The highest BCUT2D eigenvalue weighted by molar-refractivity contribution is 5.74. The van der Waals surface area contributed by atoms with Crippen molar-refractivity contribution in [2.75, 3.05) is 14.2 Å². The number of nitriles is 1. The van der Waals surface area contributed by atoms with E-state index in [1.807, 2.05) is 43.3 Å². The minimum Gasteiger partial charge on any atom is -0.496 e. The van der Waals surface area contributed by atoms with Crippen LogP contribution >= 0.6 is 0 Å². The fraction of sp³-hybridized carbons (Fsp3) is 0.188. The maximum atomic E-state index is 9.21. The van der Waals surface area contributed by atoms with Crippen LogP contribution in [-0.2, 0) is 0 Å². The first-order chi connectivity index (χ1) is 9.21. The van der Waals surface area contributed by atoms with Gasteiger partial charge in [-0.05, 0) is 36.2 Å². The normalized spacial score (nSPS) is 9.79. The summed E-state index contributed by atoms with van der Waals surface area (Å²) in [5, 5.41) is 9.21. The van der Waals surface area contributed by atoms with Gasteiger partial charge in [-0.3, -0.25) is 0 Å². The van der Waals surface area contributed by atoms with Crippen molar-refractivity contribution in [2.24, 2.45) is 0 Å². The van der Waals surface area contributed by atoms with E-state index in [9.17, 15) is 5.26 Å². The van der Waals surface area contributed by atoms with Gasteiger partial charge in [0.15, 0.2) is 0 Å². The van der Waals surface area contributed by atoms with Crippen molar-refractivity contribution in [1.29, 1.82) is 5.26 Å². The smallest absolute Gasteiger partial charge is 0.139 e. The minimum absolute atomic E-state index is 0.531. The number of methoxy groups -OCH3 is 2. The van der Waals surface area contributed by atoms with Crippen LogP contribution in [0.15, 0.2) is 36.4 Å². The minimum atomic E-state index is 0.531. The number of hydrogen-bond acceptors (Lipinski definition) is 3. The fourth-order valence-electron chi connectivity index (χ4n) is 2.17. The molecule has 0 aliphatic rings. The second-order valence-corrected chi connectivity index (χ2v) is 4.19. The van der Waals surface area contributed by atoms with Gasteiger partial charge in [0, 0.05) is 5.56 Å². The predicted octanol–water partition coefficient (Wildman–Crippen LogP) is 3.55. The van der Waals surface area contributed by atoms with Gasteiger partial charge in [0.2, 0.25) is 0 Å². The molecule has 96 valence electrons. The number of ether oxygens (including phenoxy) is 2. The van der Waals surface area contributed by atoms with Crippen LogP contribution in [0.3, 0.4) is 0 Å². The molecule has 0 aromatic heterocycles. The summed E-state index contributed by atoms with van der Waals surface area (Å²) in [7, 11) is 3.21. The van der Waals surface area contributed by atoms with Crippen LogP contribution < -0.4 is 9.47 Å². The Labute approximate surface area is 113 Å². The highest BCUT2D eigenvalue weighted by atomic mass is 16.5. The van der Waals surface area contributed by atoms with Crippen LogP contribution in [0.25, 0.3) is 11.1 Å². The molecule has 0 aliphatic heterocycles. The number of nitrogens with zero attached hydrogens (tertiary/aromatic N) is 1. The Morgan fingerprint density at radius 3 is 2.42 bits per heavy atom. The third-order valence-electron chi connectivity index (χ3n) is 3.02. The highest BCUT2D eigenvalue weighted by Crippen LogP contribution is 2.34. The van der Waals surface area contributed by atoms with Gasteiger partial charge >= 0.3 is 0 Å². The molecular formula is C16H15NO2. The van der Waals surface area contributed by atoms with Crippen molar-refractivity contribution in [3.8, 4) is 28.7 Å². The maximum absolute atomic E-state index is 9.21. The summed E-state index contributed by atoms with van der Waals surface area (Å²) >= 11 is 0. The lowest BCUT2D eigenvalue weighted by atomic mass is 9.99. The molecule has 0 unspecified atom stereocenters. The first-order valence-electron chi connectivity index (χ1n) is 5.93. The van der Waals surface area contributed by atoms with Crippen molar-refractivity contribution < 1.29 is 9.47 Å². The lowest BCUT2D eigenvalue weighted by Crippen LogP contribution is -1.94. The number of hydrogen-bond donors (Lipinski definition) is 0. The first kappa shape index (κ1) is 13.0. The van der Waals surface area contributed by atoms with E-state index >= 15 is 0 Å². The molecule has 0 spiro atoms. The standard InChI is InChI=1S/C16H15NO2/c1-11-8-12(9-13(10-17)16(11)19-3)14-6-4-5-7-15(14)18-2/h4-9H,1-3H3. The van der Waals surface area contributed by atoms with Crippen molar-refractivity contribution in [3.05, 3.63) is 47.5 Å². The van der Waals surface area contributed by atoms with Crippen LogP contribution in [0.2, 0.25) is 0 Å². The van der Waals surface area contributed by atoms with Crippen molar-refractivity contribution in [3.63, 3.8) is 0 Å². The molecule has 2 rings (SSSR count). The van der Waals surface area contributed by atoms with E-state index in [0.717, 1.165) is 22.4 Å². The molecule has 0 aliphatic carbocycles. The van der Waals surface area contributed by atoms with Crippen LogP contribution in [0, 0.1) is 18.3 Å². The largest absolute Gasteiger partial charge is 0.496 e. The lowest BCUT2D eigenvalue weighted by molar-refractivity contribution is 0.410. The quantitative estimate of drug-likeness (QED) is 0.840. The SMILES string of the molecule is COc1ccccc1-c1cc(C)c(OC)c(C#N)c1. The second-order valence-electron chi connectivity index (χ2n) is 4.19. The van der Waals surface area contributed by atoms with Gasteiger partial charge in [-0.25, -0.2) is 0 Å². The zero-order valence-electron chi connectivity index (χ0n) is 11.2. The van der Waals surface area contributed by atoms with Gasteiger partial charge in [-0.2, -0.15) is 5.26 Å². The molecule has 0 heterocycles. The number of benzene rings is 2. The summed E-state index contributed by atoms with van der Waals surface area (Å²) in [6, 6.07) is 13.7. The Kier molecular flexibility index (Phi) is 3.72. The van der Waals surface area contributed by atoms with E-state index in [-0.39, 0.29) is 0 Å². The summed E-state index contributed by atoms with van der Waals surface area (Å²) in [5.41, 5.74) is 3.38. The van der Waals surface area contributed by atoms with Crippen molar-refractivity contribution in [2.45, 2.75) is 6.92 Å². The molecule has 0 radical (unpaired) electrons. The second kappa shape index (κ2) is 5.45. The number of aryl methyl sites for hydroxylation is 1. The Morgan fingerprint density at radius 2 is 1.79 bits per heavy atom. The monoisotopic (exact) mass is 253 g/mol. The van der Waals surface area contributed by atoms with Crippen LogP contribution in [-0.4, -0.2) is 14.2 Å². The van der Waals surface area contributed by atoms with E-state index in [0.29, 0.717) is 11.3 Å². The number of rotatable bonds is 3. The van der Waals surface area contributed by atoms with Crippen molar-refractivity contribution >= 4 is 0 Å². The van der Waals surface area contributed by atoms with E-state index < -0.39 is 0 Å². The van der Waals surface area contributed by atoms with E-state index in [1.54, 1.807) is 14.2 Å². The summed E-state index contributed by atoms with van der Waals surface area (Å²) in [4.78, 5) is 0. The molecule has 2 aromatic rings. The Balaban J connectivity index is 2.64. The summed E-state index contributed by atoms with van der Waals surface area (Å²) < 4.78 is 10.6. The van der Waals surface area contributed by atoms with Crippen LogP contribution in [0.4, 0.5) is 0 Å².